The van der Waals surface area contributed by atoms with Gasteiger partial charge in [0.2, 0.25) is 17.7 Å². The van der Waals surface area contributed by atoms with E-state index >= 15 is 0 Å². The number of hydrogen-bond donors (Lipinski definition) is 1. The fourth-order valence-electron chi connectivity index (χ4n) is 2.14. The Hall–Kier alpha value is -1.66. The van der Waals surface area contributed by atoms with Crippen molar-refractivity contribution < 1.29 is 27.9 Å². The largest absolute Gasteiger partial charge is 0.772 e. The molecule has 1 aliphatic rings. The number of likely N-dealkylation sites (tertiary alicyclic amines) is 1. The Kier molecular flexibility index (Phi) is 6.18. The fraction of sp³-hybridized carbons (Fsp3) is 0.286. The summed E-state index contributed by atoms with van der Waals surface area (Å²) in [7, 11) is 0. The van der Waals surface area contributed by atoms with Crippen LogP contribution in [0.25, 0.3) is 0 Å². The molecule has 0 radical (unpaired) electrons. The molecule has 2 rings (SSSR count). The van der Waals surface area contributed by atoms with Crippen LogP contribution in [0, 0.1) is 0 Å². The topological polar surface area (TPSA) is 124 Å². The van der Waals surface area contributed by atoms with Crippen LogP contribution in [0.1, 0.15) is 16.8 Å². The van der Waals surface area contributed by atoms with E-state index in [9.17, 15) is 27.9 Å². The molecule has 0 saturated carbocycles. The number of imide groups is 1. The smallest absolute Gasteiger partial charge is 0.244 e. The number of alkyl halides is 1. The number of Topliss-reactive ketones (excluding diaryl/α,β-unsaturated/α-hetero) is 1. The highest BCUT2D eigenvalue weighted by Gasteiger charge is 2.40. The lowest BCUT2D eigenvalue weighted by Crippen LogP contribution is -2.37. The summed E-state index contributed by atoms with van der Waals surface area (Å²) in [5.74, 6) is -2.25. The fourth-order valence-corrected chi connectivity index (χ4v) is 2.90. The number of anilines is 1. The zero-order chi connectivity index (χ0) is 17.9. The number of nitrogens with zero attached hydrogens (tertiary/aromatic N) is 1. The summed E-state index contributed by atoms with van der Waals surface area (Å²) in [5.41, 5.74) is 0.762. The highest BCUT2D eigenvalue weighted by atomic mass is 127. The number of ketones is 1. The van der Waals surface area contributed by atoms with Gasteiger partial charge in [-0.3, -0.25) is 28.3 Å². The number of carbonyl (C=O) groups is 4. The standard InChI is InChI=1S/C14H13IN2O6S/c15-6-12(19)16-9-3-1-8(2-4-9)10(18)7-17-13(20)5-11(14(17)21)24(22)23/h1-4,11H,5-7H2,(H,16,19)(H,22,23)/p-1. The summed E-state index contributed by atoms with van der Waals surface area (Å²) in [6.45, 7) is -0.509. The molecular formula is C14H12IN2O6S-. The maximum atomic E-state index is 12.2. The third-order valence-electron chi connectivity index (χ3n) is 3.35. The van der Waals surface area contributed by atoms with E-state index in [4.69, 9.17) is 0 Å². The summed E-state index contributed by atoms with van der Waals surface area (Å²) >= 11 is -0.780. The average Bonchev–Trinajstić information content (AvgIpc) is 2.83. The number of rotatable bonds is 6. The SMILES string of the molecule is O=C(CI)Nc1ccc(C(=O)CN2C(=O)CC(S(=O)[O-])C2=O)cc1. The van der Waals surface area contributed by atoms with Crippen LogP contribution in [-0.2, 0) is 25.5 Å². The minimum Gasteiger partial charge on any atom is -0.772 e. The number of nitrogens with one attached hydrogen (secondary N) is 1. The van der Waals surface area contributed by atoms with Gasteiger partial charge in [-0.1, -0.05) is 22.6 Å². The summed E-state index contributed by atoms with van der Waals surface area (Å²) in [5, 5.41) is 1.20. The minimum absolute atomic E-state index is 0.181. The quantitative estimate of drug-likeness (QED) is 0.212. The van der Waals surface area contributed by atoms with Gasteiger partial charge < -0.3 is 9.87 Å². The first-order chi connectivity index (χ1) is 11.3. The van der Waals surface area contributed by atoms with Gasteiger partial charge in [0.05, 0.1) is 11.0 Å². The molecule has 2 atom stereocenters. The van der Waals surface area contributed by atoms with Gasteiger partial charge in [0, 0.05) is 17.7 Å². The summed E-state index contributed by atoms with van der Waals surface area (Å²) < 4.78 is 22.1. The molecule has 1 N–H and O–H groups in total. The lowest BCUT2D eigenvalue weighted by atomic mass is 10.1. The van der Waals surface area contributed by atoms with E-state index in [1.54, 1.807) is 0 Å². The molecule has 10 heteroatoms. The summed E-state index contributed by atoms with van der Waals surface area (Å²) in [6, 6.07) is 5.97. The van der Waals surface area contributed by atoms with E-state index in [2.05, 4.69) is 5.32 Å². The van der Waals surface area contributed by atoms with E-state index < -0.39 is 46.9 Å². The van der Waals surface area contributed by atoms with Crippen LogP contribution in [0.15, 0.2) is 24.3 Å². The van der Waals surface area contributed by atoms with E-state index in [0.29, 0.717) is 15.0 Å². The van der Waals surface area contributed by atoms with Crippen LogP contribution in [0.3, 0.4) is 0 Å². The first-order valence-corrected chi connectivity index (χ1v) is 9.41. The number of carbonyl (C=O) groups excluding carboxylic acids is 4. The van der Waals surface area contributed by atoms with Crippen molar-refractivity contribution in [1.82, 2.24) is 4.90 Å². The van der Waals surface area contributed by atoms with E-state index in [1.165, 1.54) is 24.3 Å². The number of benzene rings is 1. The van der Waals surface area contributed by atoms with Crippen LogP contribution in [0.4, 0.5) is 5.69 Å². The number of halogens is 1. The third-order valence-corrected chi connectivity index (χ3v) is 4.87. The van der Waals surface area contributed by atoms with Gasteiger partial charge in [0.15, 0.2) is 5.78 Å². The second-order valence-corrected chi connectivity index (χ2v) is 6.81. The van der Waals surface area contributed by atoms with Gasteiger partial charge >= 0.3 is 0 Å². The van der Waals surface area contributed by atoms with E-state index in [0.717, 1.165) is 0 Å². The zero-order valence-electron chi connectivity index (χ0n) is 12.2. The van der Waals surface area contributed by atoms with Crippen molar-refractivity contribution in [1.29, 1.82) is 0 Å². The Morgan fingerprint density at radius 3 is 2.42 bits per heavy atom. The Morgan fingerprint density at radius 1 is 1.29 bits per heavy atom. The van der Waals surface area contributed by atoms with Crippen molar-refractivity contribution in [2.75, 3.05) is 16.3 Å². The Morgan fingerprint density at radius 2 is 1.92 bits per heavy atom. The molecule has 8 nitrogen and oxygen atoms in total. The molecular weight excluding hydrogens is 451 g/mol. The highest BCUT2D eigenvalue weighted by molar-refractivity contribution is 14.1. The molecule has 24 heavy (non-hydrogen) atoms. The third kappa shape index (κ3) is 4.24. The van der Waals surface area contributed by atoms with Crippen molar-refractivity contribution in [3.8, 4) is 0 Å². The molecule has 128 valence electrons. The van der Waals surface area contributed by atoms with E-state index in [-0.39, 0.29) is 11.5 Å². The Balaban J connectivity index is 2.05. The maximum absolute atomic E-state index is 12.2. The molecule has 1 fully saturated rings. The maximum Gasteiger partial charge on any atom is 0.244 e. The van der Waals surface area contributed by atoms with Crippen molar-refractivity contribution in [2.24, 2.45) is 0 Å². The lowest BCUT2D eigenvalue weighted by Gasteiger charge is -2.15. The van der Waals surface area contributed by atoms with Gasteiger partial charge in [0.1, 0.15) is 5.25 Å². The molecule has 0 bridgehead atoms. The normalized spacial score (nSPS) is 18.6. The molecule has 1 aromatic rings. The molecule has 2 unspecified atom stereocenters. The van der Waals surface area contributed by atoms with Crippen molar-refractivity contribution in [2.45, 2.75) is 11.7 Å². The Labute approximate surface area is 153 Å². The predicted molar refractivity (Wildman–Crippen MR) is 92.3 cm³/mol. The predicted octanol–water partition coefficient (Wildman–Crippen LogP) is 0.249. The minimum atomic E-state index is -2.70. The van der Waals surface area contributed by atoms with Gasteiger partial charge in [0.25, 0.3) is 0 Å². The first kappa shape index (κ1) is 18.7. The summed E-state index contributed by atoms with van der Waals surface area (Å²) in [4.78, 5) is 47.7. The highest BCUT2D eigenvalue weighted by Crippen LogP contribution is 2.18. The van der Waals surface area contributed by atoms with Gasteiger partial charge in [-0.05, 0) is 35.3 Å². The molecule has 1 aromatic carbocycles. The zero-order valence-corrected chi connectivity index (χ0v) is 15.2. The molecule has 1 saturated heterocycles. The molecule has 1 heterocycles. The van der Waals surface area contributed by atoms with Crippen LogP contribution in [0.5, 0.6) is 0 Å². The molecule has 3 amide bonds. The molecule has 0 aromatic heterocycles. The van der Waals surface area contributed by atoms with Gasteiger partial charge in [-0.25, -0.2) is 0 Å². The second kappa shape index (κ2) is 7.94. The Bertz CT molecular complexity index is 720. The second-order valence-electron chi connectivity index (χ2n) is 4.95. The summed E-state index contributed by atoms with van der Waals surface area (Å²) in [6.07, 6.45) is -0.441. The van der Waals surface area contributed by atoms with Gasteiger partial charge in [-0.15, -0.1) is 0 Å². The van der Waals surface area contributed by atoms with Crippen LogP contribution >= 0.6 is 22.6 Å². The first-order valence-electron chi connectivity index (χ1n) is 6.75. The molecule has 0 aliphatic carbocycles. The van der Waals surface area contributed by atoms with Gasteiger partial charge in [-0.2, -0.15) is 0 Å². The van der Waals surface area contributed by atoms with Crippen molar-refractivity contribution in [3.05, 3.63) is 29.8 Å². The van der Waals surface area contributed by atoms with Crippen molar-refractivity contribution >= 4 is 62.9 Å². The number of amides is 3. The van der Waals surface area contributed by atoms with Crippen LogP contribution < -0.4 is 5.32 Å². The lowest BCUT2D eigenvalue weighted by molar-refractivity contribution is -0.137. The van der Waals surface area contributed by atoms with E-state index in [1.807, 2.05) is 22.6 Å². The monoisotopic (exact) mass is 463 g/mol. The van der Waals surface area contributed by atoms with Crippen molar-refractivity contribution in [3.63, 3.8) is 0 Å². The number of hydrogen-bond acceptors (Lipinski definition) is 6. The van der Waals surface area contributed by atoms with Crippen LogP contribution in [0.2, 0.25) is 0 Å². The molecule has 0 spiro atoms. The van der Waals surface area contributed by atoms with Crippen LogP contribution in [-0.4, -0.2) is 53.4 Å². The average molecular weight is 463 g/mol. The molecule has 1 aliphatic heterocycles.